The maximum Gasteiger partial charge on any atom is 0.337 e. The lowest BCUT2D eigenvalue weighted by molar-refractivity contribution is -0.122. The summed E-state index contributed by atoms with van der Waals surface area (Å²) in [6, 6.07) is 11.3. The summed E-state index contributed by atoms with van der Waals surface area (Å²) in [7, 11) is -3.93. The number of hydrogen-bond acceptors (Lipinski definition) is 6. The van der Waals surface area contributed by atoms with Crippen molar-refractivity contribution in [2.24, 2.45) is 0 Å². The van der Waals surface area contributed by atoms with Crippen molar-refractivity contribution in [2.45, 2.75) is 38.1 Å². The first-order valence-corrected chi connectivity index (χ1v) is 12.8. The van der Waals surface area contributed by atoms with Crippen molar-refractivity contribution < 1.29 is 23.1 Å². The third-order valence-electron chi connectivity index (χ3n) is 5.67. The molecule has 0 saturated carbocycles. The lowest BCUT2D eigenvalue weighted by Gasteiger charge is -2.36. The first-order chi connectivity index (χ1) is 16.1. The molecule has 0 atom stereocenters. The quantitative estimate of drug-likeness (QED) is 0.496. The molecule has 34 heavy (non-hydrogen) atoms. The van der Waals surface area contributed by atoms with Gasteiger partial charge < -0.3 is 15.3 Å². The van der Waals surface area contributed by atoms with E-state index in [0.29, 0.717) is 38.4 Å². The number of hydrogen-bond donors (Lipinski definition) is 3. The van der Waals surface area contributed by atoms with Crippen molar-refractivity contribution in [1.82, 2.24) is 10.2 Å². The van der Waals surface area contributed by atoms with Gasteiger partial charge in [0.25, 0.3) is 10.0 Å². The number of nitrogens with one attached hydrogen (secondary N) is 2. The minimum Gasteiger partial charge on any atom is -0.478 e. The number of amides is 1. The topological polar surface area (TPSA) is 119 Å². The maximum absolute atomic E-state index is 12.8. The predicted molar refractivity (Wildman–Crippen MR) is 132 cm³/mol. The van der Waals surface area contributed by atoms with E-state index in [1.165, 1.54) is 24.3 Å². The number of rotatable bonds is 9. The van der Waals surface area contributed by atoms with Crippen LogP contribution in [0, 0.1) is 0 Å². The fraction of sp³-hybridized carbons (Fsp3) is 0.417. The van der Waals surface area contributed by atoms with Crippen molar-refractivity contribution in [3.05, 3.63) is 53.6 Å². The van der Waals surface area contributed by atoms with Crippen molar-refractivity contribution in [1.29, 1.82) is 0 Å². The van der Waals surface area contributed by atoms with Gasteiger partial charge in [-0.3, -0.25) is 14.4 Å². The molecule has 2 aromatic carbocycles. The van der Waals surface area contributed by atoms with E-state index in [0.717, 1.165) is 12.0 Å². The molecule has 184 valence electrons. The highest BCUT2D eigenvalue weighted by Crippen LogP contribution is 2.27. The van der Waals surface area contributed by atoms with Gasteiger partial charge in [-0.05, 0) is 56.2 Å². The number of aromatic carboxylic acids is 1. The van der Waals surface area contributed by atoms with Gasteiger partial charge in [0.2, 0.25) is 5.91 Å². The second-order valence-corrected chi connectivity index (χ2v) is 10.3. The first kappa shape index (κ1) is 25.5. The third kappa shape index (κ3) is 6.48. The predicted octanol–water partition coefficient (Wildman–Crippen LogP) is 2.39. The summed E-state index contributed by atoms with van der Waals surface area (Å²) in [6.45, 7) is 8.72. The summed E-state index contributed by atoms with van der Waals surface area (Å²) in [5.41, 5.74) is 1.60. The number of nitrogens with zero attached hydrogens (tertiary/aromatic N) is 2. The molecular formula is C24H32N4O5S. The fourth-order valence-corrected chi connectivity index (χ4v) is 4.92. The molecule has 1 aliphatic heterocycles. The Kier molecular flexibility index (Phi) is 8.16. The van der Waals surface area contributed by atoms with Crippen LogP contribution in [0.3, 0.4) is 0 Å². The Morgan fingerprint density at radius 2 is 1.68 bits per heavy atom. The number of carbonyl (C=O) groups excluding carboxylic acids is 1. The van der Waals surface area contributed by atoms with Gasteiger partial charge in [0.15, 0.2) is 0 Å². The number of sulfonamides is 1. The summed E-state index contributed by atoms with van der Waals surface area (Å²) in [5, 5.41) is 12.6. The van der Waals surface area contributed by atoms with E-state index in [2.05, 4.69) is 14.9 Å². The minimum atomic E-state index is -3.93. The molecule has 1 heterocycles. The third-order valence-corrected chi connectivity index (χ3v) is 7.06. The van der Waals surface area contributed by atoms with Crippen LogP contribution >= 0.6 is 0 Å². The second-order valence-electron chi connectivity index (χ2n) is 8.62. The van der Waals surface area contributed by atoms with Gasteiger partial charge in [-0.1, -0.05) is 19.1 Å². The van der Waals surface area contributed by atoms with Crippen molar-refractivity contribution in [2.75, 3.05) is 42.3 Å². The molecule has 10 heteroatoms. The first-order valence-electron chi connectivity index (χ1n) is 11.3. The Hall–Kier alpha value is -3.11. The molecule has 1 fully saturated rings. The maximum atomic E-state index is 12.8. The number of carboxylic acid groups (broad SMARTS) is 1. The molecule has 0 aromatic heterocycles. The van der Waals surface area contributed by atoms with Crippen LogP contribution in [0.2, 0.25) is 0 Å². The molecule has 1 saturated heterocycles. The Morgan fingerprint density at radius 1 is 1.03 bits per heavy atom. The van der Waals surface area contributed by atoms with Crippen LogP contribution < -0.4 is 14.9 Å². The van der Waals surface area contributed by atoms with Crippen LogP contribution in [0.15, 0.2) is 47.4 Å². The summed E-state index contributed by atoms with van der Waals surface area (Å²) in [4.78, 5) is 28.1. The monoisotopic (exact) mass is 488 g/mol. The number of benzene rings is 2. The molecular weight excluding hydrogens is 456 g/mol. The van der Waals surface area contributed by atoms with Gasteiger partial charge in [0.05, 0.1) is 22.7 Å². The van der Waals surface area contributed by atoms with Crippen LogP contribution in [-0.4, -0.2) is 69.1 Å². The van der Waals surface area contributed by atoms with Gasteiger partial charge in [0, 0.05) is 37.9 Å². The Labute approximate surface area is 200 Å². The van der Waals surface area contributed by atoms with Crippen LogP contribution in [-0.2, 0) is 21.2 Å². The van der Waals surface area contributed by atoms with Gasteiger partial charge >= 0.3 is 5.97 Å². The smallest absolute Gasteiger partial charge is 0.337 e. The molecule has 3 rings (SSSR count). The Balaban J connectivity index is 1.71. The van der Waals surface area contributed by atoms with Crippen molar-refractivity contribution in [3.8, 4) is 0 Å². The summed E-state index contributed by atoms with van der Waals surface area (Å²) in [5.74, 6) is -1.23. The van der Waals surface area contributed by atoms with Crippen LogP contribution in [0.5, 0.6) is 0 Å². The Bertz CT molecular complexity index is 1120. The second kappa shape index (κ2) is 10.9. The molecule has 0 unspecified atom stereocenters. The zero-order valence-corrected chi connectivity index (χ0v) is 20.6. The van der Waals surface area contributed by atoms with Crippen molar-refractivity contribution in [3.63, 3.8) is 0 Å². The number of piperazine rings is 1. The van der Waals surface area contributed by atoms with E-state index in [9.17, 15) is 23.1 Å². The van der Waals surface area contributed by atoms with E-state index in [1.54, 1.807) is 18.2 Å². The number of carboxylic acids is 1. The molecule has 0 spiro atoms. The summed E-state index contributed by atoms with van der Waals surface area (Å²) < 4.78 is 28.0. The van der Waals surface area contributed by atoms with E-state index in [-0.39, 0.29) is 28.1 Å². The molecule has 9 nitrogen and oxygen atoms in total. The zero-order valence-electron chi connectivity index (χ0n) is 19.7. The van der Waals surface area contributed by atoms with Gasteiger partial charge in [-0.15, -0.1) is 0 Å². The Morgan fingerprint density at radius 3 is 2.24 bits per heavy atom. The van der Waals surface area contributed by atoms with E-state index in [1.807, 2.05) is 25.7 Å². The highest BCUT2D eigenvalue weighted by Gasteiger charge is 2.23. The van der Waals surface area contributed by atoms with Gasteiger partial charge in [0.1, 0.15) is 0 Å². The average Bonchev–Trinajstić information content (AvgIpc) is 2.79. The van der Waals surface area contributed by atoms with Crippen LogP contribution in [0.4, 0.5) is 11.4 Å². The average molecular weight is 489 g/mol. The molecule has 1 aliphatic rings. The highest BCUT2D eigenvalue weighted by molar-refractivity contribution is 7.92. The standard InChI is InChI=1S/C24H32N4O5S/c1-4-18-5-8-20(9-6-18)34(32,33)26-22-10-7-19(15-21(22)24(30)31)28-13-11-27(12-14-28)16-23(29)25-17(2)3/h5-10,15,17,26H,4,11-14,16H2,1-3H3,(H,25,29)(H,30,31). The zero-order chi connectivity index (χ0) is 24.9. The van der Waals surface area contributed by atoms with E-state index < -0.39 is 16.0 Å². The van der Waals surface area contributed by atoms with Crippen LogP contribution in [0.1, 0.15) is 36.7 Å². The molecule has 1 amide bonds. The lowest BCUT2D eigenvalue weighted by atomic mass is 10.1. The van der Waals surface area contributed by atoms with Gasteiger partial charge in [-0.25, -0.2) is 13.2 Å². The lowest BCUT2D eigenvalue weighted by Crippen LogP contribution is -2.50. The summed E-state index contributed by atoms with van der Waals surface area (Å²) in [6.07, 6.45) is 0.789. The highest BCUT2D eigenvalue weighted by atomic mass is 32.2. The largest absolute Gasteiger partial charge is 0.478 e. The number of carbonyl (C=O) groups is 2. The fourth-order valence-electron chi connectivity index (χ4n) is 3.84. The molecule has 0 radical (unpaired) electrons. The van der Waals surface area contributed by atoms with Crippen LogP contribution in [0.25, 0.3) is 0 Å². The number of aryl methyl sites for hydroxylation is 1. The summed E-state index contributed by atoms with van der Waals surface area (Å²) >= 11 is 0. The molecule has 3 N–H and O–H groups in total. The van der Waals surface area contributed by atoms with Gasteiger partial charge in [-0.2, -0.15) is 0 Å². The van der Waals surface area contributed by atoms with Crippen molar-refractivity contribution >= 4 is 33.3 Å². The van der Waals surface area contributed by atoms with E-state index in [4.69, 9.17) is 0 Å². The number of anilines is 2. The minimum absolute atomic E-state index is 0.0137. The molecule has 2 aromatic rings. The molecule has 0 bridgehead atoms. The van der Waals surface area contributed by atoms with E-state index >= 15 is 0 Å². The normalized spacial score (nSPS) is 14.8. The SMILES string of the molecule is CCc1ccc(S(=O)(=O)Nc2ccc(N3CCN(CC(=O)NC(C)C)CC3)cc2C(=O)O)cc1. The molecule has 0 aliphatic carbocycles.